The van der Waals surface area contributed by atoms with Crippen molar-refractivity contribution < 1.29 is 42.9 Å². The van der Waals surface area contributed by atoms with Crippen LogP contribution in [0.1, 0.15) is 59.4 Å². The number of rotatable bonds is 9. The van der Waals surface area contributed by atoms with Crippen molar-refractivity contribution >= 4 is 23.8 Å². The molecule has 34 heavy (non-hydrogen) atoms. The summed E-state index contributed by atoms with van der Waals surface area (Å²) in [5, 5.41) is 2.67. The van der Waals surface area contributed by atoms with E-state index in [-0.39, 0.29) is 6.61 Å². The van der Waals surface area contributed by atoms with Gasteiger partial charge in [-0.25, -0.2) is 0 Å². The molecule has 0 saturated carbocycles. The molecule has 10 heteroatoms. The number of nitrogens with one attached hydrogen (secondary N) is 1. The highest BCUT2D eigenvalue weighted by Gasteiger charge is 2.51. The fourth-order valence-electron chi connectivity index (χ4n) is 3.64. The minimum Gasteiger partial charge on any atom is -0.463 e. The van der Waals surface area contributed by atoms with Gasteiger partial charge in [0.15, 0.2) is 12.2 Å². The van der Waals surface area contributed by atoms with Crippen molar-refractivity contribution in [3.63, 3.8) is 0 Å². The summed E-state index contributed by atoms with van der Waals surface area (Å²) >= 11 is 0. The molecule has 0 aliphatic carbocycles. The number of ether oxygens (including phenoxy) is 5. The molecule has 0 bridgehead atoms. The summed E-state index contributed by atoms with van der Waals surface area (Å²) in [5.74, 6) is -1.52. The Labute approximate surface area is 199 Å². The number of hydrogen-bond acceptors (Lipinski definition) is 9. The normalized spacial score (nSPS) is 24.9. The van der Waals surface area contributed by atoms with Crippen LogP contribution in [0.3, 0.4) is 0 Å². The molecule has 1 aromatic rings. The average molecular weight is 480 g/mol. The van der Waals surface area contributed by atoms with E-state index in [0.29, 0.717) is 11.7 Å². The highest BCUT2D eigenvalue weighted by molar-refractivity contribution is 5.73. The predicted molar refractivity (Wildman–Crippen MR) is 120 cm³/mol. The zero-order chi connectivity index (χ0) is 25.4. The van der Waals surface area contributed by atoms with Gasteiger partial charge < -0.3 is 29.0 Å². The fourth-order valence-corrected chi connectivity index (χ4v) is 3.64. The maximum atomic E-state index is 12.0. The molecule has 10 nitrogen and oxygen atoms in total. The summed E-state index contributed by atoms with van der Waals surface area (Å²) in [6, 6.07) is 6.39. The molecule has 1 N–H and O–H groups in total. The molecule has 0 spiro atoms. The summed E-state index contributed by atoms with van der Waals surface area (Å²) in [6.07, 6.45) is -3.51. The first kappa shape index (κ1) is 27.1. The standard InChI is InChI=1S/C24H33NO9/c1-7-13(2)18-8-10-19(11-9-18)33-24-21(25-14(3)26)23(32-17(6)29)22(31-16(5)28)20(34-24)12-30-15(4)27/h8-11,13,20-24H,7,12H2,1-6H3,(H,25,26)/t13-,20+,21+,22-,23+,24-/m1/s1. The van der Waals surface area contributed by atoms with Gasteiger partial charge in [-0.1, -0.05) is 26.0 Å². The highest BCUT2D eigenvalue weighted by atomic mass is 16.7. The first-order valence-electron chi connectivity index (χ1n) is 11.2. The summed E-state index contributed by atoms with van der Waals surface area (Å²) in [4.78, 5) is 47.1. The molecule has 188 valence electrons. The predicted octanol–water partition coefficient (Wildman–Crippen LogP) is 2.23. The van der Waals surface area contributed by atoms with Gasteiger partial charge in [0.05, 0.1) is 0 Å². The van der Waals surface area contributed by atoms with Crippen molar-refractivity contribution in [2.75, 3.05) is 6.61 Å². The molecule has 0 aromatic heterocycles. The van der Waals surface area contributed by atoms with Crippen LogP contribution in [0.15, 0.2) is 24.3 Å². The van der Waals surface area contributed by atoms with Gasteiger partial charge >= 0.3 is 17.9 Å². The number of amides is 1. The van der Waals surface area contributed by atoms with Crippen LogP contribution in [0.25, 0.3) is 0 Å². The van der Waals surface area contributed by atoms with Gasteiger partial charge in [0.1, 0.15) is 24.5 Å². The van der Waals surface area contributed by atoms with E-state index >= 15 is 0 Å². The van der Waals surface area contributed by atoms with Gasteiger partial charge in [-0.15, -0.1) is 0 Å². The Bertz CT molecular complexity index is 870. The smallest absolute Gasteiger partial charge is 0.303 e. The Hall–Kier alpha value is -3.14. The van der Waals surface area contributed by atoms with E-state index in [1.807, 2.05) is 12.1 Å². The van der Waals surface area contributed by atoms with E-state index in [9.17, 15) is 19.2 Å². The third-order valence-corrected chi connectivity index (χ3v) is 5.38. The first-order valence-corrected chi connectivity index (χ1v) is 11.2. The SMILES string of the molecule is CC[C@@H](C)c1ccc(O[C@@H]2O[C@@H](COC(C)=O)[C@@H](OC(C)=O)[C@@H](OC(C)=O)[C@@H]2NC(C)=O)cc1. The summed E-state index contributed by atoms with van der Waals surface area (Å²) < 4.78 is 27.9. The zero-order valence-corrected chi connectivity index (χ0v) is 20.4. The fraction of sp³-hybridized carbons (Fsp3) is 0.583. The van der Waals surface area contributed by atoms with Crippen LogP contribution in [0.4, 0.5) is 0 Å². The third kappa shape index (κ3) is 7.72. The number of hydrogen-bond donors (Lipinski definition) is 1. The van der Waals surface area contributed by atoms with Crippen molar-refractivity contribution in [2.45, 2.75) is 84.5 Å². The highest BCUT2D eigenvalue weighted by Crippen LogP contribution is 2.30. The largest absolute Gasteiger partial charge is 0.463 e. The molecule has 6 atom stereocenters. The van der Waals surface area contributed by atoms with Crippen LogP contribution >= 0.6 is 0 Å². The molecular formula is C24H33NO9. The summed E-state index contributed by atoms with van der Waals surface area (Å²) in [6.45, 7) is 8.81. The lowest BCUT2D eigenvalue weighted by atomic mass is 9.96. The number of carbonyl (C=O) groups excluding carboxylic acids is 4. The van der Waals surface area contributed by atoms with Crippen LogP contribution in [0, 0.1) is 0 Å². The second-order valence-electron chi connectivity index (χ2n) is 8.22. The molecule has 0 unspecified atom stereocenters. The number of esters is 3. The lowest BCUT2D eigenvalue weighted by molar-refractivity contribution is -0.257. The van der Waals surface area contributed by atoms with E-state index in [0.717, 1.165) is 12.0 Å². The summed E-state index contributed by atoms with van der Waals surface area (Å²) in [5.41, 5.74) is 1.14. The van der Waals surface area contributed by atoms with Crippen LogP contribution in [0.2, 0.25) is 0 Å². The Morgan fingerprint density at radius 2 is 1.53 bits per heavy atom. The second-order valence-corrected chi connectivity index (χ2v) is 8.22. The molecule has 1 fully saturated rings. The molecule has 1 aliphatic heterocycles. The quantitative estimate of drug-likeness (QED) is 0.419. The topological polar surface area (TPSA) is 126 Å². The van der Waals surface area contributed by atoms with Gasteiger partial charge in [-0.3, -0.25) is 19.2 Å². The van der Waals surface area contributed by atoms with Gasteiger partial charge in [-0.05, 0) is 30.0 Å². The monoisotopic (exact) mass is 479 g/mol. The molecular weight excluding hydrogens is 446 g/mol. The van der Waals surface area contributed by atoms with Gasteiger partial charge in [0.2, 0.25) is 12.2 Å². The van der Waals surface area contributed by atoms with E-state index in [1.165, 1.54) is 27.7 Å². The van der Waals surface area contributed by atoms with Crippen molar-refractivity contribution in [1.29, 1.82) is 0 Å². The maximum absolute atomic E-state index is 12.0. The van der Waals surface area contributed by atoms with Crippen molar-refractivity contribution in [3.8, 4) is 5.75 Å². The van der Waals surface area contributed by atoms with Gasteiger partial charge in [-0.2, -0.15) is 0 Å². The lowest BCUT2D eigenvalue weighted by Crippen LogP contribution is -2.67. The Morgan fingerprint density at radius 1 is 0.941 bits per heavy atom. The maximum Gasteiger partial charge on any atom is 0.303 e. The first-order chi connectivity index (χ1) is 16.0. The molecule has 1 aromatic carbocycles. The van der Waals surface area contributed by atoms with E-state index < -0.39 is 54.5 Å². The average Bonchev–Trinajstić information content (AvgIpc) is 2.75. The van der Waals surface area contributed by atoms with Crippen LogP contribution in [0.5, 0.6) is 5.75 Å². The van der Waals surface area contributed by atoms with Crippen LogP contribution in [-0.4, -0.2) is 61.1 Å². The molecule has 1 saturated heterocycles. The van der Waals surface area contributed by atoms with Gasteiger partial charge in [0.25, 0.3) is 0 Å². The Balaban J connectivity index is 2.41. The summed E-state index contributed by atoms with van der Waals surface area (Å²) in [7, 11) is 0. The lowest BCUT2D eigenvalue weighted by Gasteiger charge is -2.44. The van der Waals surface area contributed by atoms with Crippen molar-refractivity contribution in [2.24, 2.45) is 0 Å². The van der Waals surface area contributed by atoms with Crippen molar-refractivity contribution in [1.82, 2.24) is 5.32 Å². The molecule has 1 heterocycles. The van der Waals surface area contributed by atoms with Crippen molar-refractivity contribution in [3.05, 3.63) is 29.8 Å². The number of carbonyl (C=O) groups is 4. The van der Waals surface area contributed by atoms with E-state index in [4.69, 9.17) is 23.7 Å². The van der Waals surface area contributed by atoms with Crippen LogP contribution in [-0.2, 0) is 38.1 Å². The second kappa shape index (κ2) is 12.4. The van der Waals surface area contributed by atoms with Crippen LogP contribution < -0.4 is 10.1 Å². The van der Waals surface area contributed by atoms with E-state index in [1.54, 1.807) is 12.1 Å². The van der Waals surface area contributed by atoms with Gasteiger partial charge in [0, 0.05) is 27.7 Å². The number of benzene rings is 1. The Kier molecular flexibility index (Phi) is 9.85. The molecule has 0 radical (unpaired) electrons. The Morgan fingerprint density at radius 3 is 2.03 bits per heavy atom. The minimum absolute atomic E-state index is 0.287. The molecule has 1 amide bonds. The molecule has 1 aliphatic rings. The molecule has 2 rings (SSSR count). The van der Waals surface area contributed by atoms with E-state index in [2.05, 4.69) is 19.2 Å². The third-order valence-electron chi connectivity index (χ3n) is 5.38. The minimum atomic E-state index is -1.16. The zero-order valence-electron chi connectivity index (χ0n) is 20.4.